The Labute approximate surface area is 161 Å². The summed E-state index contributed by atoms with van der Waals surface area (Å²) in [6, 6.07) is 11.8. The highest BCUT2D eigenvalue weighted by atomic mass is 19.1. The quantitative estimate of drug-likeness (QED) is 0.598. The summed E-state index contributed by atoms with van der Waals surface area (Å²) >= 11 is 0. The van der Waals surface area contributed by atoms with E-state index >= 15 is 0 Å². The Morgan fingerprint density at radius 3 is 2.36 bits per heavy atom. The van der Waals surface area contributed by atoms with Gasteiger partial charge in [-0.1, -0.05) is 6.92 Å². The third-order valence-electron chi connectivity index (χ3n) is 4.21. The lowest BCUT2D eigenvalue weighted by atomic mass is 10.2. The summed E-state index contributed by atoms with van der Waals surface area (Å²) in [5.41, 5.74) is 1.95. The van der Waals surface area contributed by atoms with Gasteiger partial charge in [-0.25, -0.2) is 13.5 Å². The molecule has 28 heavy (non-hydrogen) atoms. The number of halogens is 2. The lowest BCUT2D eigenvalue weighted by molar-refractivity contribution is 0.0950. The number of carbonyl (C=O) groups is 1. The zero-order chi connectivity index (χ0) is 19.9. The van der Waals surface area contributed by atoms with Crippen molar-refractivity contribution in [1.82, 2.24) is 15.1 Å². The van der Waals surface area contributed by atoms with Crippen LogP contribution >= 0.6 is 0 Å². The molecule has 0 saturated heterocycles. The van der Waals surface area contributed by atoms with E-state index in [0.29, 0.717) is 43.0 Å². The summed E-state index contributed by atoms with van der Waals surface area (Å²) in [5, 5.41) is 7.13. The normalized spacial score (nSPS) is 10.7. The molecule has 0 aliphatic rings. The number of carbonyl (C=O) groups excluding carboxylic acids is 1. The zero-order valence-corrected chi connectivity index (χ0v) is 15.5. The Morgan fingerprint density at radius 2 is 1.71 bits per heavy atom. The molecule has 0 radical (unpaired) electrons. The second-order valence-electron chi connectivity index (χ2n) is 6.16. The first-order valence-electron chi connectivity index (χ1n) is 9.08. The van der Waals surface area contributed by atoms with Gasteiger partial charge in [0.1, 0.15) is 17.4 Å². The molecule has 0 unspecified atom stereocenters. The van der Waals surface area contributed by atoms with Crippen LogP contribution in [0.1, 0.15) is 29.4 Å². The van der Waals surface area contributed by atoms with Crippen molar-refractivity contribution in [3.05, 3.63) is 77.6 Å². The first-order chi connectivity index (χ1) is 13.6. The molecule has 146 valence electrons. The lowest BCUT2D eigenvalue weighted by Crippen LogP contribution is -2.26. The molecule has 0 fully saturated rings. The van der Waals surface area contributed by atoms with Gasteiger partial charge in [-0.15, -0.1) is 0 Å². The molecule has 0 aliphatic heterocycles. The van der Waals surface area contributed by atoms with Crippen molar-refractivity contribution in [2.45, 2.75) is 19.8 Å². The van der Waals surface area contributed by atoms with Gasteiger partial charge in [0.25, 0.3) is 5.91 Å². The summed E-state index contributed by atoms with van der Waals surface area (Å²) < 4.78 is 33.1. The van der Waals surface area contributed by atoms with Crippen molar-refractivity contribution in [3.8, 4) is 11.4 Å². The van der Waals surface area contributed by atoms with Crippen LogP contribution < -0.4 is 10.1 Å². The summed E-state index contributed by atoms with van der Waals surface area (Å²) in [7, 11) is 0. The molecule has 3 rings (SSSR count). The summed E-state index contributed by atoms with van der Waals surface area (Å²) in [5.74, 6) is -0.268. The van der Waals surface area contributed by atoms with Crippen LogP contribution in [-0.4, -0.2) is 28.8 Å². The average molecular weight is 385 g/mol. The molecular formula is C21H21F2N3O2. The number of nitrogens with one attached hydrogen (secondary N) is 1. The minimum Gasteiger partial charge on any atom is -0.494 e. The molecule has 0 spiro atoms. The Hall–Kier alpha value is -3.22. The number of hydrogen-bond donors (Lipinski definition) is 1. The molecule has 1 N–H and O–H groups in total. The first kappa shape index (κ1) is 19.5. The summed E-state index contributed by atoms with van der Waals surface area (Å²) in [6.45, 7) is 2.77. The van der Waals surface area contributed by atoms with Crippen molar-refractivity contribution in [3.63, 3.8) is 0 Å². The minimum atomic E-state index is -0.324. The van der Waals surface area contributed by atoms with Crippen LogP contribution in [0.25, 0.3) is 5.69 Å². The van der Waals surface area contributed by atoms with E-state index < -0.39 is 0 Å². The van der Waals surface area contributed by atoms with Crippen LogP contribution in [-0.2, 0) is 6.42 Å². The van der Waals surface area contributed by atoms with Gasteiger partial charge in [0.05, 0.1) is 29.7 Å². The molecule has 0 aliphatic carbocycles. The Morgan fingerprint density at radius 1 is 1.07 bits per heavy atom. The van der Waals surface area contributed by atoms with E-state index in [0.717, 1.165) is 5.69 Å². The van der Waals surface area contributed by atoms with Crippen LogP contribution in [0.2, 0.25) is 0 Å². The number of benzene rings is 2. The molecular weight excluding hydrogens is 364 g/mol. The Bertz CT molecular complexity index is 922. The van der Waals surface area contributed by atoms with Crippen molar-refractivity contribution in [2.75, 3.05) is 13.2 Å². The topological polar surface area (TPSA) is 56.1 Å². The Kier molecular flexibility index (Phi) is 6.37. The predicted octanol–water partition coefficient (Wildman–Crippen LogP) is 3.91. The molecule has 0 bridgehead atoms. The number of aromatic nitrogens is 2. The Balaban J connectivity index is 1.54. The number of amides is 1. The highest BCUT2D eigenvalue weighted by molar-refractivity contribution is 5.95. The molecule has 1 amide bonds. The van der Waals surface area contributed by atoms with Gasteiger partial charge >= 0.3 is 0 Å². The van der Waals surface area contributed by atoms with E-state index in [1.807, 2.05) is 6.92 Å². The maximum Gasteiger partial charge on any atom is 0.254 e. The van der Waals surface area contributed by atoms with Crippen molar-refractivity contribution >= 4 is 5.91 Å². The summed E-state index contributed by atoms with van der Waals surface area (Å²) in [4.78, 5) is 12.5. The first-order valence-corrected chi connectivity index (χ1v) is 9.08. The van der Waals surface area contributed by atoms with Crippen LogP contribution in [0.15, 0.2) is 54.7 Å². The molecule has 2 aromatic carbocycles. The van der Waals surface area contributed by atoms with Gasteiger partial charge in [-0.05, 0) is 61.4 Å². The van der Waals surface area contributed by atoms with Gasteiger partial charge in [0, 0.05) is 6.54 Å². The average Bonchev–Trinajstić information content (AvgIpc) is 3.13. The number of rotatable bonds is 8. The second-order valence-corrected chi connectivity index (χ2v) is 6.16. The van der Waals surface area contributed by atoms with Crippen LogP contribution in [0.5, 0.6) is 5.75 Å². The van der Waals surface area contributed by atoms with E-state index in [4.69, 9.17) is 4.74 Å². The fraction of sp³-hybridized carbons (Fsp3) is 0.238. The fourth-order valence-electron chi connectivity index (χ4n) is 2.80. The molecule has 5 nitrogen and oxygen atoms in total. The van der Waals surface area contributed by atoms with Crippen LogP contribution in [0, 0.1) is 11.6 Å². The minimum absolute atomic E-state index is 0.216. The van der Waals surface area contributed by atoms with E-state index in [9.17, 15) is 13.6 Å². The third-order valence-corrected chi connectivity index (χ3v) is 4.21. The third kappa shape index (κ3) is 4.73. The van der Waals surface area contributed by atoms with Crippen molar-refractivity contribution in [1.29, 1.82) is 0 Å². The SMILES string of the molecule is CCc1c(C(=O)NCCCOc2ccc(F)cc2)cnn1-c1ccc(F)cc1. The predicted molar refractivity (Wildman–Crippen MR) is 102 cm³/mol. The molecule has 1 heterocycles. The van der Waals surface area contributed by atoms with E-state index in [-0.39, 0.29) is 17.5 Å². The summed E-state index contributed by atoms with van der Waals surface area (Å²) in [6.07, 6.45) is 2.73. The van der Waals surface area contributed by atoms with Gasteiger partial charge in [0.15, 0.2) is 0 Å². The van der Waals surface area contributed by atoms with E-state index in [1.54, 1.807) is 28.9 Å². The highest BCUT2D eigenvalue weighted by Crippen LogP contribution is 2.16. The van der Waals surface area contributed by atoms with Gasteiger partial charge in [-0.2, -0.15) is 5.10 Å². The highest BCUT2D eigenvalue weighted by Gasteiger charge is 2.16. The second kappa shape index (κ2) is 9.12. The molecule has 0 saturated carbocycles. The monoisotopic (exact) mass is 385 g/mol. The fourth-order valence-corrected chi connectivity index (χ4v) is 2.80. The van der Waals surface area contributed by atoms with Crippen molar-refractivity contribution < 1.29 is 18.3 Å². The van der Waals surface area contributed by atoms with Gasteiger partial charge in [0.2, 0.25) is 0 Å². The van der Waals surface area contributed by atoms with E-state index in [1.165, 1.54) is 30.5 Å². The van der Waals surface area contributed by atoms with Crippen LogP contribution in [0.3, 0.4) is 0 Å². The molecule has 1 aromatic heterocycles. The van der Waals surface area contributed by atoms with Crippen molar-refractivity contribution in [2.24, 2.45) is 0 Å². The molecule has 7 heteroatoms. The van der Waals surface area contributed by atoms with Crippen LogP contribution in [0.4, 0.5) is 8.78 Å². The molecule has 0 atom stereocenters. The largest absolute Gasteiger partial charge is 0.494 e. The number of ether oxygens (including phenoxy) is 1. The number of hydrogen-bond acceptors (Lipinski definition) is 3. The molecule has 3 aromatic rings. The standard InChI is InChI=1S/C21H21F2N3O2/c1-2-20-19(14-25-26(20)17-8-4-15(22)5-9-17)21(27)24-12-3-13-28-18-10-6-16(23)7-11-18/h4-11,14H,2-3,12-13H2,1H3,(H,24,27). The number of nitrogens with zero attached hydrogens (tertiary/aromatic N) is 2. The smallest absolute Gasteiger partial charge is 0.254 e. The maximum absolute atomic E-state index is 13.1. The lowest BCUT2D eigenvalue weighted by Gasteiger charge is -2.09. The maximum atomic E-state index is 13.1. The zero-order valence-electron chi connectivity index (χ0n) is 15.5. The van der Waals surface area contributed by atoms with Gasteiger partial charge < -0.3 is 10.1 Å². The van der Waals surface area contributed by atoms with Gasteiger partial charge in [-0.3, -0.25) is 4.79 Å². The van der Waals surface area contributed by atoms with E-state index in [2.05, 4.69) is 10.4 Å².